The van der Waals surface area contributed by atoms with Gasteiger partial charge in [0.1, 0.15) is 11.6 Å². The highest BCUT2D eigenvalue weighted by atomic mass is 16.2. The summed E-state index contributed by atoms with van der Waals surface area (Å²) in [6.07, 6.45) is 12.6. The van der Waals surface area contributed by atoms with Crippen molar-refractivity contribution in [2.45, 2.75) is 95.7 Å². The summed E-state index contributed by atoms with van der Waals surface area (Å²) >= 11 is 0. The molecule has 1 aliphatic carbocycles. The first-order valence-corrected chi connectivity index (χ1v) is 16.5. The minimum atomic E-state index is -0.734. The Labute approximate surface area is 257 Å². The lowest BCUT2D eigenvalue weighted by atomic mass is 9.79. The largest absolute Gasteiger partial charge is 0.342 e. The number of hydrogen-bond donors (Lipinski definition) is 1. The van der Waals surface area contributed by atoms with Crippen LogP contribution in [0.25, 0.3) is 0 Å². The number of unbranched alkanes of at least 4 members (excludes halogenated alkanes) is 1. The van der Waals surface area contributed by atoms with Gasteiger partial charge in [0.2, 0.25) is 11.8 Å². The molecule has 3 heterocycles. The van der Waals surface area contributed by atoms with Crippen LogP contribution in [-0.4, -0.2) is 82.2 Å². The van der Waals surface area contributed by atoms with Gasteiger partial charge in [0.25, 0.3) is 5.91 Å². The SMILES string of the molecule is CCCCN1C(=O)C(CC2CCCCC2)NC(=O)C12CCN(Cc1ccc(C(=O)N(C)CCc3ccccn3)cc1)CC2. The highest BCUT2D eigenvalue weighted by Crippen LogP contribution is 2.36. The predicted molar refractivity (Wildman–Crippen MR) is 168 cm³/mol. The maximum Gasteiger partial charge on any atom is 0.253 e. The quantitative estimate of drug-likeness (QED) is 0.407. The molecule has 8 nitrogen and oxygen atoms in total. The Balaban J connectivity index is 1.16. The second-order valence-electron chi connectivity index (χ2n) is 12.9. The summed E-state index contributed by atoms with van der Waals surface area (Å²) in [4.78, 5) is 50.9. The zero-order valence-corrected chi connectivity index (χ0v) is 26.1. The summed E-state index contributed by atoms with van der Waals surface area (Å²) < 4.78 is 0. The minimum Gasteiger partial charge on any atom is -0.342 e. The van der Waals surface area contributed by atoms with Gasteiger partial charge in [0.15, 0.2) is 0 Å². The summed E-state index contributed by atoms with van der Waals surface area (Å²) in [7, 11) is 1.83. The molecule has 3 amide bonds. The number of nitrogens with zero attached hydrogens (tertiary/aromatic N) is 4. The van der Waals surface area contributed by atoms with Crippen LogP contribution in [0.2, 0.25) is 0 Å². The van der Waals surface area contributed by atoms with Crippen molar-refractivity contribution >= 4 is 17.7 Å². The van der Waals surface area contributed by atoms with E-state index >= 15 is 0 Å². The third-order valence-corrected chi connectivity index (χ3v) is 9.90. The van der Waals surface area contributed by atoms with E-state index < -0.39 is 5.54 Å². The summed E-state index contributed by atoms with van der Waals surface area (Å²) in [6.45, 7) is 5.69. The Morgan fingerprint density at radius 3 is 2.47 bits per heavy atom. The third-order valence-electron chi connectivity index (χ3n) is 9.90. The number of likely N-dealkylation sites (N-methyl/N-ethyl adjacent to an activating group) is 1. The molecule has 1 aromatic carbocycles. The number of aromatic nitrogens is 1. The zero-order valence-electron chi connectivity index (χ0n) is 26.1. The van der Waals surface area contributed by atoms with Gasteiger partial charge in [-0.2, -0.15) is 0 Å². The molecular weight excluding hydrogens is 538 g/mol. The fraction of sp³-hybridized carbons (Fsp3) is 0.600. The molecular formula is C35H49N5O3. The van der Waals surface area contributed by atoms with Gasteiger partial charge in [-0.05, 0) is 61.4 Å². The van der Waals surface area contributed by atoms with Crippen molar-refractivity contribution in [2.24, 2.45) is 5.92 Å². The summed E-state index contributed by atoms with van der Waals surface area (Å²) in [5.74, 6) is 0.737. The molecule has 232 valence electrons. The van der Waals surface area contributed by atoms with Crippen LogP contribution in [-0.2, 0) is 22.6 Å². The standard InChI is InChI=1S/C35H49N5O3/c1-3-4-21-40-33(42)31(25-27-10-6-5-7-11-27)37-34(43)35(40)18-23-39(24-19-35)26-28-13-15-29(16-14-28)32(41)38(2)22-17-30-12-8-9-20-36-30/h8-9,12-16,20,27,31H,3-7,10-11,17-19,21-26H2,1-2H3,(H,37,43). The molecule has 5 rings (SSSR count). The molecule has 1 saturated carbocycles. The average molecular weight is 588 g/mol. The third kappa shape index (κ3) is 7.46. The molecule has 2 aliphatic heterocycles. The fourth-order valence-electron chi connectivity index (χ4n) is 7.17. The van der Waals surface area contributed by atoms with Crippen LogP contribution in [0.15, 0.2) is 48.7 Å². The number of carbonyl (C=O) groups excluding carboxylic acids is 3. The van der Waals surface area contributed by atoms with E-state index in [1.54, 1.807) is 11.1 Å². The Morgan fingerprint density at radius 1 is 1.05 bits per heavy atom. The van der Waals surface area contributed by atoms with Crippen molar-refractivity contribution in [1.29, 1.82) is 0 Å². The number of benzene rings is 1. The first kappa shape index (κ1) is 31.2. The molecule has 8 heteroatoms. The van der Waals surface area contributed by atoms with Crippen LogP contribution in [0.5, 0.6) is 0 Å². The van der Waals surface area contributed by atoms with E-state index in [4.69, 9.17) is 0 Å². The van der Waals surface area contributed by atoms with Crippen LogP contribution in [0, 0.1) is 5.92 Å². The number of carbonyl (C=O) groups is 3. The molecule has 1 spiro atoms. The molecule has 1 unspecified atom stereocenters. The van der Waals surface area contributed by atoms with Crippen LogP contribution >= 0.6 is 0 Å². The minimum absolute atomic E-state index is 0.00401. The number of piperazine rings is 1. The van der Waals surface area contributed by atoms with Crippen molar-refractivity contribution in [1.82, 2.24) is 25.0 Å². The summed E-state index contributed by atoms with van der Waals surface area (Å²) in [5, 5.41) is 3.20. The highest BCUT2D eigenvalue weighted by Gasteiger charge is 2.53. The number of hydrogen-bond acceptors (Lipinski definition) is 5. The molecule has 2 saturated heterocycles. The highest BCUT2D eigenvalue weighted by molar-refractivity contribution is 6.00. The van der Waals surface area contributed by atoms with E-state index in [-0.39, 0.29) is 23.8 Å². The number of likely N-dealkylation sites (tertiary alicyclic amines) is 1. The van der Waals surface area contributed by atoms with E-state index in [2.05, 4.69) is 22.1 Å². The van der Waals surface area contributed by atoms with Gasteiger partial charge in [-0.15, -0.1) is 0 Å². The molecule has 1 aromatic heterocycles. The van der Waals surface area contributed by atoms with Crippen molar-refractivity contribution in [2.75, 3.05) is 33.2 Å². The molecule has 0 radical (unpaired) electrons. The van der Waals surface area contributed by atoms with Crippen molar-refractivity contribution in [3.05, 3.63) is 65.5 Å². The maximum atomic E-state index is 13.8. The first-order chi connectivity index (χ1) is 20.9. The Hall–Kier alpha value is -3.26. The molecule has 0 bridgehead atoms. The zero-order chi connectivity index (χ0) is 30.2. The van der Waals surface area contributed by atoms with Crippen LogP contribution in [0.1, 0.15) is 92.7 Å². The van der Waals surface area contributed by atoms with Gasteiger partial charge in [-0.3, -0.25) is 24.3 Å². The number of piperidine rings is 1. The van der Waals surface area contributed by atoms with Crippen LogP contribution < -0.4 is 5.32 Å². The van der Waals surface area contributed by atoms with E-state index in [1.807, 2.05) is 54.4 Å². The number of nitrogens with one attached hydrogen (secondary N) is 1. The second kappa shape index (κ2) is 14.5. The van der Waals surface area contributed by atoms with Crippen LogP contribution in [0.4, 0.5) is 0 Å². The smallest absolute Gasteiger partial charge is 0.253 e. The Bertz CT molecular complexity index is 1220. The average Bonchev–Trinajstić information content (AvgIpc) is 3.04. The summed E-state index contributed by atoms with van der Waals surface area (Å²) in [6, 6.07) is 13.3. The lowest BCUT2D eigenvalue weighted by Crippen LogP contribution is -2.73. The molecule has 3 aliphatic rings. The molecule has 2 aromatic rings. The predicted octanol–water partition coefficient (Wildman–Crippen LogP) is 4.83. The second-order valence-corrected chi connectivity index (χ2v) is 12.9. The van der Waals surface area contributed by atoms with Gasteiger partial charge in [-0.1, -0.05) is 63.6 Å². The maximum absolute atomic E-state index is 13.8. The van der Waals surface area contributed by atoms with E-state index in [1.165, 1.54) is 32.1 Å². The van der Waals surface area contributed by atoms with E-state index in [0.717, 1.165) is 56.6 Å². The van der Waals surface area contributed by atoms with Crippen LogP contribution in [0.3, 0.4) is 0 Å². The van der Waals surface area contributed by atoms with Crippen molar-refractivity contribution in [3.63, 3.8) is 0 Å². The molecule has 1 atom stereocenters. The molecule has 43 heavy (non-hydrogen) atoms. The van der Waals surface area contributed by atoms with Gasteiger partial charge in [0.05, 0.1) is 0 Å². The first-order valence-electron chi connectivity index (χ1n) is 16.5. The molecule has 1 N–H and O–H groups in total. The van der Waals surface area contributed by atoms with Gasteiger partial charge >= 0.3 is 0 Å². The van der Waals surface area contributed by atoms with E-state index in [0.29, 0.717) is 37.4 Å². The number of rotatable bonds is 11. The lowest BCUT2D eigenvalue weighted by molar-refractivity contribution is -0.162. The van der Waals surface area contributed by atoms with E-state index in [9.17, 15) is 14.4 Å². The fourth-order valence-corrected chi connectivity index (χ4v) is 7.17. The molecule has 3 fully saturated rings. The normalized spacial score (nSPS) is 21.2. The van der Waals surface area contributed by atoms with Gasteiger partial charge < -0.3 is 15.1 Å². The Morgan fingerprint density at radius 2 is 1.79 bits per heavy atom. The topological polar surface area (TPSA) is 85.8 Å². The van der Waals surface area contributed by atoms with Crippen molar-refractivity contribution in [3.8, 4) is 0 Å². The number of pyridine rings is 1. The number of amides is 3. The van der Waals surface area contributed by atoms with Gasteiger partial charge in [0, 0.05) is 63.6 Å². The summed E-state index contributed by atoms with van der Waals surface area (Å²) in [5.41, 5.74) is 2.06. The van der Waals surface area contributed by atoms with Crippen molar-refractivity contribution < 1.29 is 14.4 Å². The monoisotopic (exact) mass is 587 g/mol. The van der Waals surface area contributed by atoms with Gasteiger partial charge in [-0.25, -0.2) is 0 Å². The Kier molecular flexibility index (Phi) is 10.5. The lowest BCUT2D eigenvalue weighted by Gasteiger charge is -2.52.